The second-order valence-electron chi connectivity index (χ2n) is 6.93. The molecule has 7 nitrogen and oxygen atoms in total. The lowest BCUT2D eigenvalue weighted by Crippen LogP contribution is -2.45. The number of rotatable bonds is 4. The normalized spacial score (nSPS) is 14.3. The van der Waals surface area contributed by atoms with E-state index in [0.717, 1.165) is 25.3 Å². The van der Waals surface area contributed by atoms with Gasteiger partial charge in [-0.2, -0.15) is 13.2 Å². The van der Waals surface area contributed by atoms with Gasteiger partial charge in [-0.15, -0.1) is 0 Å². The molecular weight excluding hydrogens is 401 g/mol. The summed E-state index contributed by atoms with van der Waals surface area (Å²) in [5.41, 5.74) is 1.24. The molecule has 0 unspecified atom stereocenters. The van der Waals surface area contributed by atoms with E-state index in [1.165, 1.54) is 34.6 Å². The summed E-state index contributed by atoms with van der Waals surface area (Å²) in [7, 11) is 0. The minimum atomic E-state index is -4.63. The van der Waals surface area contributed by atoms with E-state index >= 15 is 0 Å². The molecule has 10 heteroatoms. The van der Waals surface area contributed by atoms with Gasteiger partial charge in [-0.25, -0.2) is 15.3 Å². The predicted octanol–water partition coefficient (Wildman–Crippen LogP) is 3.83. The van der Waals surface area contributed by atoms with Crippen molar-refractivity contribution < 1.29 is 28.0 Å². The topological polar surface area (TPSA) is 85.8 Å². The van der Waals surface area contributed by atoms with Crippen molar-refractivity contribution in [3.05, 3.63) is 59.3 Å². The van der Waals surface area contributed by atoms with Crippen LogP contribution in [0.1, 0.15) is 40.9 Å². The minimum Gasteiger partial charge on any atom is -0.324 e. The molecule has 0 bridgehead atoms. The maximum absolute atomic E-state index is 13.1. The highest BCUT2D eigenvalue weighted by Gasteiger charge is 2.34. The number of anilines is 1. The number of nitrogens with zero attached hydrogens (tertiary/aromatic N) is 3. The van der Waals surface area contributed by atoms with Crippen LogP contribution in [0.4, 0.5) is 23.8 Å². The van der Waals surface area contributed by atoms with Crippen molar-refractivity contribution in [2.75, 3.05) is 18.0 Å². The summed E-state index contributed by atoms with van der Waals surface area (Å²) in [5.74, 6) is -0.792. The zero-order chi connectivity index (χ0) is 21.7. The number of halogens is 3. The van der Waals surface area contributed by atoms with Gasteiger partial charge in [-0.3, -0.25) is 14.9 Å². The summed E-state index contributed by atoms with van der Waals surface area (Å²) >= 11 is 0. The van der Waals surface area contributed by atoms with Crippen LogP contribution in [0.2, 0.25) is 0 Å². The maximum atomic E-state index is 13.1. The van der Waals surface area contributed by atoms with E-state index in [4.69, 9.17) is 5.21 Å². The summed E-state index contributed by atoms with van der Waals surface area (Å²) in [5, 5.41) is 8.70. The fourth-order valence-corrected chi connectivity index (χ4v) is 3.24. The Morgan fingerprint density at radius 1 is 1.07 bits per heavy atom. The van der Waals surface area contributed by atoms with Crippen molar-refractivity contribution in [3.63, 3.8) is 0 Å². The molecule has 0 radical (unpaired) electrons. The molecule has 0 saturated carbocycles. The van der Waals surface area contributed by atoms with Crippen LogP contribution in [0.5, 0.6) is 0 Å². The van der Waals surface area contributed by atoms with E-state index in [9.17, 15) is 22.8 Å². The van der Waals surface area contributed by atoms with Crippen LogP contribution in [-0.4, -0.2) is 40.1 Å². The van der Waals surface area contributed by atoms with Gasteiger partial charge in [0.15, 0.2) is 0 Å². The number of benzene rings is 1. The third-order valence-electron chi connectivity index (χ3n) is 4.82. The second-order valence-corrected chi connectivity index (χ2v) is 6.93. The van der Waals surface area contributed by atoms with E-state index in [1.54, 1.807) is 17.0 Å². The van der Waals surface area contributed by atoms with Crippen molar-refractivity contribution in [2.45, 2.75) is 32.0 Å². The van der Waals surface area contributed by atoms with Crippen molar-refractivity contribution in [3.8, 4) is 0 Å². The maximum Gasteiger partial charge on any atom is 0.433 e. The number of carbonyl (C=O) groups is 2. The molecule has 0 spiro atoms. The molecular formula is C20H21F3N4O3. The molecule has 0 aliphatic carbocycles. The average Bonchev–Trinajstić information content (AvgIpc) is 2.77. The van der Waals surface area contributed by atoms with Gasteiger partial charge in [0.05, 0.1) is 6.54 Å². The fourth-order valence-electron chi connectivity index (χ4n) is 3.24. The molecule has 1 saturated heterocycles. The Balaban J connectivity index is 1.91. The number of nitrogens with one attached hydrogen (secondary N) is 1. The molecule has 1 fully saturated rings. The summed E-state index contributed by atoms with van der Waals surface area (Å²) in [6.07, 6.45) is -1.96. The number of pyridine rings is 1. The fraction of sp³-hybridized carbons (Fsp3) is 0.350. The number of hydrogen-bond donors (Lipinski definition) is 2. The highest BCUT2D eigenvalue weighted by Crippen LogP contribution is 2.29. The highest BCUT2D eigenvalue weighted by atomic mass is 19.4. The van der Waals surface area contributed by atoms with Crippen molar-refractivity contribution in [2.24, 2.45) is 0 Å². The molecule has 0 atom stereocenters. The molecule has 2 N–H and O–H groups in total. The Morgan fingerprint density at radius 2 is 1.73 bits per heavy atom. The summed E-state index contributed by atoms with van der Waals surface area (Å²) < 4.78 is 39.4. The van der Waals surface area contributed by atoms with Gasteiger partial charge in [0.2, 0.25) is 0 Å². The van der Waals surface area contributed by atoms with Gasteiger partial charge in [0.1, 0.15) is 11.5 Å². The Bertz CT molecular complexity index is 897. The van der Waals surface area contributed by atoms with E-state index in [-0.39, 0.29) is 17.9 Å². The number of urea groups is 1. The lowest BCUT2D eigenvalue weighted by molar-refractivity contribution is -0.141. The van der Waals surface area contributed by atoms with E-state index in [1.807, 2.05) is 0 Å². The smallest absolute Gasteiger partial charge is 0.324 e. The first-order chi connectivity index (χ1) is 14.3. The van der Waals surface area contributed by atoms with E-state index < -0.39 is 23.8 Å². The molecule has 1 aliphatic heterocycles. The molecule has 1 aromatic carbocycles. The molecule has 3 rings (SSSR count). The highest BCUT2D eigenvalue weighted by molar-refractivity contribution is 5.93. The summed E-state index contributed by atoms with van der Waals surface area (Å²) in [4.78, 5) is 31.1. The number of amides is 3. The van der Waals surface area contributed by atoms with Gasteiger partial charge < -0.3 is 4.90 Å². The van der Waals surface area contributed by atoms with Gasteiger partial charge in [0, 0.05) is 18.7 Å². The molecule has 2 aromatic rings. The number of likely N-dealkylation sites (tertiary alicyclic amines) is 1. The van der Waals surface area contributed by atoms with Gasteiger partial charge in [-0.1, -0.05) is 18.2 Å². The van der Waals surface area contributed by atoms with Gasteiger partial charge in [-0.05, 0) is 49.1 Å². The van der Waals surface area contributed by atoms with Crippen LogP contribution in [-0.2, 0) is 12.7 Å². The van der Waals surface area contributed by atoms with Crippen LogP contribution in [0.3, 0.4) is 0 Å². The Kier molecular flexibility index (Phi) is 6.56. The van der Waals surface area contributed by atoms with Gasteiger partial charge in [0.25, 0.3) is 5.91 Å². The van der Waals surface area contributed by atoms with Crippen LogP contribution in [0.25, 0.3) is 0 Å². The quantitative estimate of drug-likeness (QED) is 0.579. The summed E-state index contributed by atoms with van der Waals surface area (Å²) in [6, 6.07) is 9.05. The number of carbonyl (C=O) groups excluding carboxylic acids is 2. The molecule has 2 heterocycles. The van der Waals surface area contributed by atoms with Gasteiger partial charge >= 0.3 is 12.2 Å². The van der Waals surface area contributed by atoms with Crippen molar-refractivity contribution >= 4 is 17.8 Å². The number of hydroxylamine groups is 1. The number of alkyl halides is 3. The monoisotopic (exact) mass is 422 g/mol. The molecule has 3 amide bonds. The molecule has 1 aliphatic rings. The molecule has 30 heavy (non-hydrogen) atoms. The standard InChI is InChI=1S/C20H21F3N4O3/c21-20(22,23)16-5-4-6-17(24-16)27(19(29)26-11-2-1-3-12-26)13-14-7-9-15(10-8-14)18(28)25-30/h4-10,30H,1-3,11-13H2,(H,25,28). The number of aromatic nitrogens is 1. The van der Waals surface area contributed by atoms with E-state index in [2.05, 4.69) is 4.98 Å². The van der Waals surface area contributed by atoms with E-state index in [0.29, 0.717) is 18.7 Å². The zero-order valence-corrected chi connectivity index (χ0v) is 16.0. The Morgan fingerprint density at radius 3 is 2.33 bits per heavy atom. The summed E-state index contributed by atoms with van der Waals surface area (Å²) in [6.45, 7) is 1.04. The Hall–Kier alpha value is -3.14. The van der Waals surface area contributed by atoms with Crippen LogP contribution in [0.15, 0.2) is 42.5 Å². The average molecular weight is 422 g/mol. The third kappa shape index (κ3) is 5.07. The lowest BCUT2D eigenvalue weighted by Gasteiger charge is -2.32. The van der Waals surface area contributed by atoms with Crippen molar-refractivity contribution in [1.82, 2.24) is 15.4 Å². The van der Waals surface area contributed by atoms with Crippen LogP contribution >= 0.6 is 0 Å². The minimum absolute atomic E-state index is 0.0231. The lowest BCUT2D eigenvalue weighted by atomic mass is 10.1. The second kappa shape index (κ2) is 9.12. The predicted molar refractivity (Wildman–Crippen MR) is 102 cm³/mol. The largest absolute Gasteiger partial charge is 0.433 e. The van der Waals surface area contributed by atoms with Crippen LogP contribution in [0, 0.1) is 0 Å². The molecule has 1 aromatic heterocycles. The van der Waals surface area contributed by atoms with Crippen LogP contribution < -0.4 is 10.4 Å². The zero-order valence-electron chi connectivity index (χ0n) is 16.0. The SMILES string of the molecule is O=C(NO)c1ccc(CN(C(=O)N2CCCCC2)c2cccc(C(F)(F)F)n2)cc1. The third-order valence-corrected chi connectivity index (χ3v) is 4.82. The van der Waals surface area contributed by atoms with Crippen molar-refractivity contribution in [1.29, 1.82) is 0 Å². The number of hydrogen-bond acceptors (Lipinski definition) is 4. The molecule has 160 valence electrons. The first-order valence-electron chi connectivity index (χ1n) is 9.43. The number of piperidine rings is 1. The first kappa shape index (κ1) is 21.6. The Labute approximate surface area is 171 Å². The first-order valence-corrected chi connectivity index (χ1v) is 9.43.